The molecule has 0 aliphatic heterocycles. The van der Waals surface area contributed by atoms with Crippen molar-refractivity contribution in [2.45, 2.75) is 0 Å². The van der Waals surface area contributed by atoms with Crippen molar-refractivity contribution < 1.29 is 4.74 Å². The van der Waals surface area contributed by atoms with E-state index in [1.807, 2.05) is 54.6 Å². The molecule has 0 amide bonds. The van der Waals surface area contributed by atoms with Crippen molar-refractivity contribution in [2.75, 3.05) is 7.11 Å². The van der Waals surface area contributed by atoms with E-state index >= 15 is 0 Å². The van der Waals surface area contributed by atoms with Crippen molar-refractivity contribution >= 4 is 11.4 Å². The Balaban J connectivity index is 2.33. The minimum atomic E-state index is 0.403. The average molecular weight is 236 g/mol. The van der Waals surface area contributed by atoms with Crippen LogP contribution in [0.3, 0.4) is 0 Å². The fraction of sp³-hybridized carbons (Fsp3) is 0.0667. The molecule has 0 radical (unpaired) electrons. The smallest absolute Gasteiger partial charge is 0.148 e. The second kappa shape index (κ2) is 5.65. The molecule has 18 heavy (non-hydrogen) atoms. The molecule has 0 aliphatic rings. The maximum absolute atomic E-state index is 9.14. The third kappa shape index (κ3) is 2.74. The van der Waals surface area contributed by atoms with Gasteiger partial charge in [-0.25, -0.2) is 4.99 Å². The highest BCUT2D eigenvalue weighted by atomic mass is 16.5. The second-order valence-electron chi connectivity index (χ2n) is 3.64. The first kappa shape index (κ1) is 11.9. The first-order chi connectivity index (χ1) is 8.83. The summed E-state index contributed by atoms with van der Waals surface area (Å²) in [5.74, 6) is 0.771. The summed E-state index contributed by atoms with van der Waals surface area (Å²) in [6.07, 6.45) is 0. The lowest BCUT2D eigenvalue weighted by molar-refractivity contribution is 0.415. The summed E-state index contributed by atoms with van der Waals surface area (Å²) in [7, 11) is 1.61. The lowest BCUT2D eigenvalue weighted by Gasteiger charge is -2.01. The van der Waals surface area contributed by atoms with Gasteiger partial charge in [0.15, 0.2) is 0 Å². The largest absolute Gasteiger partial charge is 0.497 e. The Kier molecular flexibility index (Phi) is 3.72. The van der Waals surface area contributed by atoms with Gasteiger partial charge >= 0.3 is 0 Å². The first-order valence-corrected chi connectivity index (χ1v) is 5.52. The molecule has 0 fully saturated rings. The summed E-state index contributed by atoms with van der Waals surface area (Å²) in [6, 6.07) is 18.8. The summed E-state index contributed by atoms with van der Waals surface area (Å²) in [6.45, 7) is 0. The first-order valence-electron chi connectivity index (χ1n) is 5.52. The van der Waals surface area contributed by atoms with Crippen LogP contribution in [-0.2, 0) is 0 Å². The van der Waals surface area contributed by atoms with Crippen molar-refractivity contribution in [2.24, 2.45) is 4.99 Å². The van der Waals surface area contributed by atoms with Crippen molar-refractivity contribution in [3.05, 3.63) is 60.2 Å². The zero-order chi connectivity index (χ0) is 12.8. The summed E-state index contributed by atoms with van der Waals surface area (Å²) >= 11 is 0. The molecule has 0 N–H and O–H groups in total. The number of ether oxygens (including phenoxy) is 1. The quantitative estimate of drug-likeness (QED) is 0.767. The Labute approximate surface area is 106 Å². The fourth-order valence-electron chi connectivity index (χ4n) is 1.54. The Bertz CT molecular complexity index is 580. The second-order valence-corrected chi connectivity index (χ2v) is 3.64. The number of nitriles is 1. The maximum atomic E-state index is 9.14. The van der Waals surface area contributed by atoms with E-state index in [-0.39, 0.29) is 0 Å². The summed E-state index contributed by atoms with van der Waals surface area (Å²) in [5.41, 5.74) is 1.95. The van der Waals surface area contributed by atoms with Crippen LogP contribution in [0.25, 0.3) is 0 Å². The van der Waals surface area contributed by atoms with Gasteiger partial charge in [0.2, 0.25) is 0 Å². The molecule has 0 saturated heterocycles. The van der Waals surface area contributed by atoms with Gasteiger partial charge in [-0.15, -0.1) is 0 Å². The molecule has 0 aliphatic carbocycles. The summed E-state index contributed by atoms with van der Waals surface area (Å²) in [5, 5.41) is 9.14. The van der Waals surface area contributed by atoms with Gasteiger partial charge in [0.25, 0.3) is 0 Å². The minimum absolute atomic E-state index is 0.403. The van der Waals surface area contributed by atoms with Gasteiger partial charge in [-0.3, -0.25) is 0 Å². The monoisotopic (exact) mass is 236 g/mol. The molecule has 2 aromatic carbocycles. The van der Waals surface area contributed by atoms with E-state index in [0.29, 0.717) is 5.71 Å². The highest BCUT2D eigenvalue weighted by Crippen LogP contribution is 2.18. The van der Waals surface area contributed by atoms with Crippen molar-refractivity contribution in [1.82, 2.24) is 0 Å². The number of methoxy groups -OCH3 is 1. The SMILES string of the molecule is COc1ccc(/N=C(\C#N)c2ccccc2)cc1. The van der Waals surface area contributed by atoms with Crippen LogP contribution in [0.15, 0.2) is 59.6 Å². The highest BCUT2D eigenvalue weighted by Gasteiger charge is 2.01. The zero-order valence-corrected chi connectivity index (χ0v) is 10.00. The van der Waals surface area contributed by atoms with Crippen molar-refractivity contribution in [3.8, 4) is 11.8 Å². The topological polar surface area (TPSA) is 45.4 Å². The van der Waals surface area contributed by atoms with Gasteiger partial charge in [0.05, 0.1) is 12.8 Å². The van der Waals surface area contributed by atoms with Gasteiger partial charge in [-0.05, 0) is 24.3 Å². The van der Waals surface area contributed by atoms with Gasteiger partial charge in [-0.2, -0.15) is 5.26 Å². The molecular weight excluding hydrogens is 224 g/mol. The van der Waals surface area contributed by atoms with Crippen LogP contribution < -0.4 is 4.74 Å². The van der Waals surface area contributed by atoms with Crippen molar-refractivity contribution in [1.29, 1.82) is 5.26 Å². The fourth-order valence-corrected chi connectivity index (χ4v) is 1.54. The molecule has 0 aromatic heterocycles. The molecule has 0 unspecified atom stereocenters. The normalized spacial score (nSPS) is 10.8. The molecule has 0 saturated carbocycles. The minimum Gasteiger partial charge on any atom is -0.497 e. The number of rotatable bonds is 3. The number of nitrogens with zero attached hydrogens (tertiary/aromatic N) is 2. The molecule has 0 spiro atoms. The molecule has 3 heteroatoms. The molecule has 0 heterocycles. The van der Waals surface area contributed by atoms with Crippen LogP contribution >= 0.6 is 0 Å². The van der Waals surface area contributed by atoms with E-state index in [0.717, 1.165) is 17.0 Å². The molecular formula is C15H12N2O. The van der Waals surface area contributed by atoms with Gasteiger partial charge in [0, 0.05) is 5.56 Å². The van der Waals surface area contributed by atoms with E-state index in [4.69, 9.17) is 10.00 Å². The van der Waals surface area contributed by atoms with E-state index in [9.17, 15) is 0 Å². The maximum Gasteiger partial charge on any atom is 0.148 e. The van der Waals surface area contributed by atoms with E-state index in [2.05, 4.69) is 11.1 Å². The Morgan fingerprint density at radius 1 is 1.06 bits per heavy atom. The van der Waals surface area contributed by atoms with E-state index in [1.165, 1.54) is 0 Å². The van der Waals surface area contributed by atoms with Gasteiger partial charge in [-0.1, -0.05) is 30.3 Å². The van der Waals surface area contributed by atoms with Crippen LogP contribution in [0.4, 0.5) is 5.69 Å². The van der Waals surface area contributed by atoms with Gasteiger partial charge in [0.1, 0.15) is 17.5 Å². The Hall–Kier alpha value is -2.60. The molecule has 3 nitrogen and oxygen atoms in total. The molecule has 88 valence electrons. The summed E-state index contributed by atoms with van der Waals surface area (Å²) < 4.78 is 5.07. The molecule has 0 atom stereocenters. The third-order valence-electron chi connectivity index (χ3n) is 2.47. The van der Waals surface area contributed by atoms with E-state index in [1.54, 1.807) is 7.11 Å². The average Bonchev–Trinajstić information content (AvgIpc) is 2.46. The standard InChI is InChI=1S/C15H12N2O/c1-18-14-9-7-13(8-10-14)17-15(11-16)12-5-3-2-4-6-12/h2-10H,1H3/b17-15+. The summed E-state index contributed by atoms with van der Waals surface area (Å²) in [4.78, 5) is 4.32. The molecule has 2 rings (SSSR count). The van der Waals surface area contributed by atoms with Crippen LogP contribution in [0.1, 0.15) is 5.56 Å². The molecule has 0 bridgehead atoms. The van der Waals surface area contributed by atoms with E-state index < -0.39 is 0 Å². The predicted octanol–water partition coefficient (Wildman–Crippen LogP) is 3.34. The molecule has 2 aromatic rings. The predicted molar refractivity (Wildman–Crippen MR) is 71.2 cm³/mol. The van der Waals surface area contributed by atoms with Crippen LogP contribution in [0.5, 0.6) is 5.75 Å². The Morgan fingerprint density at radius 2 is 1.72 bits per heavy atom. The number of benzene rings is 2. The Morgan fingerprint density at radius 3 is 2.28 bits per heavy atom. The lowest BCUT2D eigenvalue weighted by Crippen LogP contribution is -1.95. The van der Waals surface area contributed by atoms with Crippen LogP contribution in [0.2, 0.25) is 0 Å². The number of hydrogen-bond acceptors (Lipinski definition) is 3. The highest BCUT2D eigenvalue weighted by molar-refractivity contribution is 6.12. The van der Waals surface area contributed by atoms with Crippen LogP contribution in [-0.4, -0.2) is 12.8 Å². The number of hydrogen-bond donors (Lipinski definition) is 0. The number of aliphatic imine (C=N–C) groups is 1. The van der Waals surface area contributed by atoms with Crippen LogP contribution in [0, 0.1) is 11.3 Å². The van der Waals surface area contributed by atoms with Gasteiger partial charge < -0.3 is 4.74 Å². The zero-order valence-electron chi connectivity index (χ0n) is 10.00. The van der Waals surface area contributed by atoms with Crippen molar-refractivity contribution in [3.63, 3.8) is 0 Å². The lowest BCUT2D eigenvalue weighted by atomic mass is 10.1. The third-order valence-corrected chi connectivity index (χ3v) is 2.47.